The Balaban J connectivity index is 2.46. The minimum absolute atomic E-state index is 0.289. The fourth-order valence-electron chi connectivity index (χ4n) is 1.37. The number of nitrogens with one attached hydrogen (secondary N) is 1. The Labute approximate surface area is 106 Å². The Morgan fingerprint density at radius 3 is 2.94 bits per heavy atom. The van der Waals surface area contributed by atoms with E-state index in [0.29, 0.717) is 36.1 Å². The molecule has 5 heteroatoms. The fraction of sp³-hybridized carbons (Fsp3) is 0.417. The molecule has 0 aliphatic rings. The highest BCUT2D eigenvalue weighted by Crippen LogP contribution is 2.18. The highest BCUT2D eigenvalue weighted by Gasteiger charge is 2.06. The summed E-state index contributed by atoms with van der Waals surface area (Å²) in [6.45, 7) is 3.23. The van der Waals surface area contributed by atoms with Gasteiger partial charge in [-0.2, -0.15) is 0 Å². The molecule has 0 saturated heterocycles. The Kier molecular flexibility index (Phi) is 5.77. The van der Waals surface area contributed by atoms with Gasteiger partial charge in [-0.05, 0) is 25.0 Å². The van der Waals surface area contributed by atoms with E-state index in [4.69, 9.17) is 17.3 Å². The predicted octanol–water partition coefficient (Wildman–Crippen LogP) is 2.34. The summed E-state index contributed by atoms with van der Waals surface area (Å²) < 4.78 is 13.4. The van der Waals surface area contributed by atoms with Gasteiger partial charge in [0.05, 0.1) is 0 Å². The number of rotatable bonds is 5. The van der Waals surface area contributed by atoms with Crippen molar-refractivity contribution in [1.82, 2.24) is 5.32 Å². The highest BCUT2D eigenvalue weighted by molar-refractivity contribution is 6.31. The van der Waals surface area contributed by atoms with E-state index < -0.39 is 0 Å². The van der Waals surface area contributed by atoms with E-state index in [1.54, 1.807) is 12.1 Å². The zero-order valence-electron chi connectivity index (χ0n) is 9.84. The second-order valence-corrected chi connectivity index (χ2v) is 4.05. The number of nitrogens with zero attached hydrogens (tertiary/aromatic N) is 1. The van der Waals surface area contributed by atoms with Crippen LogP contribution < -0.4 is 11.1 Å². The van der Waals surface area contributed by atoms with Crippen molar-refractivity contribution in [1.29, 1.82) is 0 Å². The average molecular weight is 258 g/mol. The molecule has 17 heavy (non-hydrogen) atoms. The van der Waals surface area contributed by atoms with Gasteiger partial charge in [0.15, 0.2) is 5.96 Å². The molecule has 0 fully saturated rings. The van der Waals surface area contributed by atoms with Crippen LogP contribution in [0.3, 0.4) is 0 Å². The molecule has 0 aromatic heterocycles. The second-order valence-electron chi connectivity index (χ2n) is 3.64. The zero-order chi connectivity index (χ0) is 12.7. The third-order valence-corrected chi connectivity index (χ3v) is 2.60. The Morgan fingerprint density at radius 1 is 1.53 bits per heavy atom. The monoisotopic (exact) mass is 257 g/mol. The number of hydrogen-bond donors (Lipinski definition) is 2. The molecule has 0 bridgehead atoms. The molecule has 3 nitrogen and oxygen atoms in total. The summed E-state index contributed by atoms with van der Waals surface area (Å²) in [5, 5.41) is 3.36. The quantitative estimate of drug-likeness (QED) is 0.628. The highest BCUT2D eigenvalue weighted by atomic mass is 35.5. The smallest absolute Gasteiger partial charge is 0.188 e. The maximum absolute atomic E-state index is 13.4. The molecule has 1 aromatic carbocycles. The maximum Gasteiger partial charge on any atom is 0.188 e. The molecule has 0 spiro atoms. The number of nitrogens with two attached hydrogens (primary N) is 1. The number of halogens is 2. The molecule has 3 N–H and O–H groups in total. The predicted molar refractivity (Wildman–Crippen MR) is 69.9 cm³/mol. The zero-order valence-corrected chi connectivity index (χ0v) is 10.6. The molecule has 0 radical (unpaired) electrons. The van der Waals surface area contributed by atoms with Gasteiger partial charge in [-0.25, -0.2) is 4.39 Å². The summed E-state index contributed by atoms with van der Waals surface area (Å²) in [4.78, 5) is 4.08. The van der Waals surface area contributed by atoms with E-state index >= 15 is 0 Å². The SMILES string of the molecule is CCCN=C(N)NCCc1c(F)cccc1Cl. The Hall–Kier alpha value is -1.29. The molecule has 0 heterocycles. The standard InChI is InChI=1S/C12H17ClFN3/c1-2-7-16-12(15)17-8-6-9-10(13)4-3-5-11(9)14/h3-5H,2,6-8H2,1H3,(H3,15,16,17). The van der Waals surface area contributed by atoms with Crippen LogP contribution in [0.4, 0.5) is 4.39 Å². The van der Waals surface area contributed by atoms with Crippen LogP contribution >= 0.6 is 11.6 Å². The van der Waals surface area contributed by atoms with E-state index in [0.717, 1.165) is 6.42 Å². The first-order valence-electron chi connectivity index (χ1n) is 5.61. The molecule has 0 amide bonds. The van der Waals surface area contributed by atoms with Gasteiger partial charge < -0.3 is 11.1 Å². The van der Waals surface area contributed by atoms with E-state index in [-0.39, 0.29) is 5.82 Å². The van der Waals surface area contributed by atoms with Crippen molar-refractivity contribution >= 4 is 17.6 Å². The third-order valence-electron chi connectivity index (χ3n) is 2.25. The number of hydrogen-bond acceptors (Lipinski definition) is 1. The van der Waals surface area contributed by atoms with Gasteiger partial charge in [-0.15, -0.1) is 0 Å². The van der Waals surface area contributed by atoms with Gasteiger partial charge in [-0.1, -0.05) is 24.6 Å². The fourth-order valence-corrected chi connectivity index (χ4v) is 1.63. The molecule has 94 valence electrons. The van der Waals surface area contributed by atoms with Crippen LogP contribution in [0.2, 0.25) is 5.02 Å². The van der Waals surface area contributed by atoms with Gasteiger partial charge in [0.25, 0.3) is 0 Å². The largest absolute Gasteiger partial charge is 0.370 e. The van der Waals surface area contributed by atoms with Crippen molar-refractivity contribution in [3.8, 4) is 0 Å². The first-order chi connectivity index (χ1) is 8.15. The van der Waals surface area contributed by atoms with Crippen molar-refractivity contribution in [3.05, 3.63) is 34.6 Å². The summed E-state index contributed by atoms with van der Waals surface area (Å²) in [7, 11) is 0. The Bertz CT molecular complexity index is 373. The van der Waals surface area contributed by atoms with Crippen LogP contribution in [0.25, 0.3) is 0 Å². The minimum Gasteiger partial charge on any atom is -0.370 e. The second kappa shape index (κ2) is 7.12. The van der Waals surface area contributed by atoms with E-state index in [1.165, 1.54) is 6.07 Å². The van der Waals surface area contributed by atoms with E-state index in [9.17, 15) is 4.39 Å². The summed E-state index contributed by atoms with van der Waals surface area (Å²) >= 11 is 5.90. The van der Waals surface area contributed by atoms with Crippen molar-refractivity contribution in [2.75, 3.05) is 13.1 Å². The summed E-state index contributed by atoms with van der Waals surface area (Å²) in [5.74, 6) is 0.0997. The topological polar surface area (TPSA) is 50.4 Å². The van der Waals surface area contributed by atoms with Gasteiger partial charge in [-0.3, -0.25) is 4.99 Å². The molecular weight excluding hydrogens is 241 g/mol. The van der Waals surface area contributed by atoms with Gasteiger partial charge in [0.2, 0.25) is 0 Å². The lowest BCUT2D eigenvalue weighted by Gasteiger charge is -2.07. The molecule has 0 atom stereocenters. The summed E-state index contributed by atoms with van der Waals surface area (Å²) in [6, 6.07) is 4.66. The average Bonchev–Trinajstić information content (AvgIpc) is 2.30. The lowest BCUT2D eigenvalue weighted by molar-refractivity contribution is 0.607. The number of benzene rings is 1. The molecule has 0 aliphatic heterocycles. The molecule has 0 saturated carbocycles. The lowest BCUT2D eigenvalue weighted by atomic mass is 10.1. The molecule has 1 aromatic rings. The van der Waals surface area contributed by atoms with Crippen molar-refractivity contribution < 1.29 is 4.39 Å². The third kappa shape index (κ3) is 4.61. The van der Waals surface area contributed by atoms with Crippen LogP contribution in [0.15, 0.2) is 23.2 Å². The van der Waals surface area contributed by atoms with Crippen molar-refractivity contribution in [2.24, 2.45) is 10.7 Å². The van der Waals surface area contributed by atoms with Crippen LogP contribution in [0.5, 0.6) is 0 Å². The molecule has 0 unspecified atom stereocenters. The minimum atomic E-state index is -0.289. The van der Waals surface area contributed by atoms with E-state index in [2.05, 4.69) is 10.3 Å². The van der Waals surface area contributed by atoms with Crippen LogP contribution in [-0.4, -0.2) is 19.0 Å². The molecular formula is C12H17ClFN3. The van der Waals surface area contributed by atoms with Crippen molar-refractivity contribution in [3.63, 3.8) is 0 Å². The lowest BCUT2D eigenvalue weighted by Crippen LogP contribution is -2.33. The molecule has 1 rings (SSSR count). The first kappa shape index (κ1) is 13.8. The number of guanidine groups is 1. The van der Waals surface area contributed by atoms with Crippen LogP contribution in [-0.2, 0) is 6.42 Å². The van der Waals surface area contributed by atoms with Crippen LogP contribution in [0.1, 0.15) is 18.9 Å². The van der Waals surface area contributed by atoms with Gasteiger partial charge in [0.1, 0.15) is 5.82 Å². The first-order valence-corrected chi connectivity index (χ1v) is 5.99. The summed E-state index contributed by atoms with van der Waals surface area (Å²) in [6.07, 6.45) is 1.43. The van der Waals surface area contributed by atoms with Gasteiger partial charge in [0, 0.05) is 23.7 Å². The maximum atomic E-state index is 13.4. The Morgan fingerprint density at radius 2 is 2.29 bits per heavy atom. The number of aliphatic imine (C=N–C) groups is 1. The van der Waals surface area contributed by atoms with Gasteiger partial charge >= 0.3 is 0 Å². The van der Waals surface area contributed by atoms with Crippen molar-refractivity contribution in [2.45, 2.75) is 19.8 Å². The summed E-state index contributed by atoms with van der Waals surface area (Å²) in [5.41, 5.74) is 6.12. The van der Waals surface area contributed by atoms with Crippen LogP contribution in [0, 0.1) is 5.82 Å². The van der Waals surface area contributed by atoms with E-state index in [1.807, 2.05) is 6.92 Å². The molecule has 0 aliphatic carbocycles. The normalized spacial score (nSPS) is 11.6.